The van der Waals surface area contributed by atoms with Gasteiger partial charge in [0.25, 0.3) is 0 Å². The van der Waals surface area contributed by atoms with Crippen LogP contribution in [0, 0.1) is 6.42 Å². The van der Waals surface area contributed by atoms with Crippen molar-refractivity contribution >= 4 is 0 Å². The number of hydrogen-bond acceptors (Lipinski definition) is 1. The molecule has 12 heavy (non-hydrogen) atoms. The molecule has 0 spiro atoms. The maximum atomic E-state index is 3.08. The number of nitrogens with one attached hydrogen (secondary N) is 1. The predicted octanol–water partition coefficient (Wildman–Crippen LogP) is 1.65. The predicted molar refractivity (Wildman–Crippen MR) is 48.4 cm³/mol. The molecule has 0 saturated carbocycles. The van der Waals surface area contributed by atoms with Crippen molar-refractivity contribution in [2.24, 2.45) is 0 Å². The van der Waals surface area contributed by atoms with Crippen molar-refractivity contribution in [2.45, 2.75) is 6.42 Å². The van der Waals surface area contributed by atoms with Crippen LogP contribution in [0.25, 0.3) is 0 Å². The minimum Gasteiger partial charge on any atom is -0.349 e. The summed E-state index contributed by atoms with van der Waals surface area (Å²) in [4.78, 5) is 0. The third kappa shape index (κ3) is 5.02. The largest absolute Gasteiger partial charge is 0.349 e. The topological polar surface area (TPSA) is 12.0 Å². The van der Waals surface area contributed by atoms with Crippen LogP contribution in [-0.4, -0.2) is 13.6 Å². The van der Waals surface area contributed by atoms with Gasteiger partial charge in [0.1, 0.15) is 0 Å². The molecule has 0 saturated heterocycles. The SMILES string of the molecule is CNC[CH-]Cc1ccccc1.[Y]. The van der Waals surface area contributed by atoms with E-state index in [1.54, 1.807) is 0 Å². The van der Waals surface area contributed by atoms with Gasteiger partial charge < -0.3 is 11.7 Å². The molecule has 0 aliphatic rings. The molecular formula is C10H14NY-. The van der Waals surface area contributed by atoms with E-state index in [9.17, 15) is 0 Å². The molecule has 0 atom stereocenters. The first-order chi connectivity index (χ1) is 5.43. The van der Waals surface area contributed by atoms with E-state index in [1.807, 2.05) is 13.1 Å². The average molecular weight is 237 g/mol. The molecule has 0 aliphatic carbocycles. The van der Waals surface area contributed by atoms with E-state index >= 15 is 0 Å². The minimum absolute atomic E-state index is 0. The summed E-state index contributed by atoms with van der Waals surface area (Å²) in [6.07, 6.45) is 3.29. The number of benzene rings is 1. The maximum Gasteiger partial charge on any atom is 0 e. The van der Waals surface area contributed by atoms with E-state index in [-0.39, 0.29) is 32.7 Å². The molecule has 63 valence electrons. The molecule has 1 nitrogen and oxygen atoms in total. The quantitative estimate of drug-likeness (QED) is 0.620. The first-order valence-electron chi connectivity index (χ1n) is 3.93. The van der Waals surface area contributed by atoms with Crippen molar-refractivity contribution in [2.75, 3.05) is 13.6 Å². The minimum atomic E-state index is 0. The first kappa shape index (κ1) is 12.3. The second kappa shape index (κ2) is 7.91. The summed E-state index contributed by atoms with van der Waals surface area (Å²) in [5.74, 6) is 0. The van der Waals surface area contributed by atoms with Crippen molar-refractivity contribution in [1.29, 1.82) is 0 Å². The molecule has 0 fully saturated rings. The van der Waals surface area contributed by atoms with Crippen LogP contribution in [0.5, 0.6) is 0 Å². The van der Waals surface area contributed by atoms with E-state index < -0.39 is 0 Å². The molecule has 0 heterocycles. The van der Waals surface area contributed by atoms with Gasteiger partial charge in [-0.3, -0.25) is 0 Å². The molecule has 0 amide bonds. The Kier molecular flexibility index (Phi) is 8.10. The van der Waals surface area contributed by atoms with Crippen molar-refractivity contribution in [3.05, 3.63) is 42.3 Å². The van der Waals surface area contributed by atoms with Gasteiger partial charge in [-0.2, -0.15) is 6.42 Å². The normalized spacial score (nSPS) is 9.08. The van der Waals surface area contributed by atoms with E-state index in [0.29, 0.717) is 0 Å². The maximum absolute atomic E-state index is 3.08. The zero-order valence-electron chi connectivity index (χ0n) is 7.46. The van der Waals surface area contributed by atoms with Crippen LogP contribution >= 0.6 is 0 Å². The summed E-state index contributed by atoms with van der Waals surface area (Å²) >= 11 is 0. The second-order valence-electron chi connectivity index (χ2n) is 2.54. The molecule has 0 aromatic heterocycles. The Bertz CT molecular complexity index is 186. The van der Waals surface area contributed by atoms with Crippen molar-refractivity contribution in [3.63, 3.8) is 0 Å². The summed E-state index contributed by atoms with van der Waals surface area (Å²) < 4.78 is 0. The third-order valence-corrected chi connectivity index (χ3v) is 1.57. The molecular weight excluding hydrogens is 223 g/mol. The molecule has 2 heteroatoms. The Morgan fingerprint density at radius 1 is 1.25 bits per heavy atom. The molecule has 0 aliphatic heterocycles. The van der Waals surface area contributed by atoms with Gasteiger partial charge >= 0.3 is 0 Å². The zero-order chi connectivity index (χ0) is 7.94. The van der Waals surface area contributed by atoms with Gasteiger partial charge in [0.2, 0.25) is 0 Å². The fourth-order valence-corrected chi connectivity index (χ4v) is 0.997. The molecule has 0 bridgehead atoms. The van der Waals surface area contributed by atoms with Gasteiger partial charge in [-0.15, -0.1) is 6.54 Å². The van der Waals surface area contributed by atoms with Crippen molar-refractivity contribution in [1.82, 2.24) is 5.32 Å². The van der Waals surface area contributed by atoms with Gasteiger partial charge in [-0.25, -0.2) is 0 Å². The van der Waals surface area contributed by atoms with E-state index in [4.69, 9.17) is 0 Å². The van der Waals surface area contributed by atoms with E-state index in [0.717, 1.165) is 13.0 Å². The van der Waals surface area contributed by atoms with Gasteiger partial charge in [0.15, 0.2) is 0 Å². The van der Waals surface area contributed by atoms with Gasteiger partial charge in [-0.05, 0) is 7.05 Å². The van der Waals surface area contributed by atoms with Crippen LogP contribution in [-0.2, 0) is 39.1 Å². The average Bonchev–Trinajstić information content (AvgIpc) is 2.07. The van der Waals surface area contributed by atoms with Crippen molar-refractivity contribution < 1.29 is 32.7 Å². The molecule has 0 unspecified atom stereocenters. The molecule has 1 rings (SSSR count). The molecule has 1 aromatic rings. The molecule has 1 aromatic carbocycles. The summed E-state index contributed by atoms with van der Waals surface area (Å²) in [6.45, 7) is 0.981. The molecule has 1 N–H and O–H groups in total. The second-order valence-corrected chi connectivity index (χ2v) is 2.54. The smallest absolute Gasteiger partial charge is 0 e. The van der Waals surface area contributed by atoms with Crippen LogP contribution in [0.4, 0.5) is 0 Å². The first-order valence-corrected chi connectivity index (χ1v) is 3.93. The fourth-order valence-electron chi connectivity index (χ4n) is 0.997. The van der Waals surface area contributed by atoms with Crippen LogP contribution < -0.4 is 5.32 Å². The van der Waals surface area contributed by atoms with Crippen molar-refractivity contribution in [3.8, 4) is 0 Å². The van der Waals surface area contributed by atoms with Crippen LogP contribution in [0.15, 0.2) is 30.3 Å². The molecule has 1 radical (unpaired) electrons. The van der Waals surface area contributed by atoms with Gasteiger partial charge in [0.05, 0.1) is 0 Å². The Hall–Kier alpha value is 0.284. The Balaban J connectivity index is 0.00000121. The fraction of sp³-hybridized carbons (Fsp3) is 0.300. The van der Waals surface area contributed by atoms with Crippen LogP contribution in [0.3, 0.4) is 0 Å². The standard InChI is InChI=1S/C10H14N.Y/c1-11-9-5-8-10-6-3-2-4-7-10;/h2-7,11H,8-9H2,1H3;/q-1;. The van der Waals surface area contributed by atoms with E-state index in [2.05, 4.69) is 36.0 Å². The van der Waals surface area contributed by atoms with Gasteiger partial charge in [-0.1, -0.05) is 35.9 Å². The third-order valence-electron chi connectivity index (χ3n) is 1.57. The zero-order valence-corrected chi connectivity index (χ0v) is 10.3. The van der Waals surface area contributed by atoms with E-state index in [1.165, 1.54) is 5.56 Å². The Morgan fingerprint density at radius 2 is 1.92 bits per heavy atom. The Morgan fingerprint density at radius 3 is 2.50 bits per heavy atom. The summed E-state index contributed by atoms with van der Waals surface area (Å²) in [5.41, 5.74) is 1.38. The van der Waals surface area contributed by atoms with Crippen LogP contribution in [0.1, 0.15) is 5.56 Å². The summed E-state index contributed by atoms with van der Waals surface area (Å²) in [7, 11) is 1.96. The Labute approximate surface area is 99.8 Å². The van der Waals surface area contributed by atoms with Gasteiger partial charge in [0, 0.05) is 32.7 Å². The van der Waals surface area contributed by atoms with Crippen LogP contribution in [0.2, 0.25) is 0 Å². The monoisotopic (exact) mass is 237 g/mol. The summed E-state index contributed by atoms with van der Waals surface area (Å²) in [5, 5.41) is 3.08. The number of hydrogen-bond donors (Lipinski definition) is 1. The summed E-state index contributed by atoms with van der Waals surface area (Å²) in [6, 6.07) is 10.5. The number of rotatable bonds is 4.